The Morgan fingerprint density at radius 3 is 2.52 bits per heavy atom. The molecule has 0 saturated heterocycles. The van der Waals surface area contributed by atoms with Gasteiger partial charge in [-0.1, -0.05) is 12.1 Å². The zero-order chi connectivity index (χ0) is 16.4. The Morgan fingerprint density at radius 2 is 1.96 bits per heavy atom. The summed E-state index contributed by atoms with van der Waals surface area (Å²) in [5.74, 6) is 0. The van der Waals surface area contributed by atoms with Crippen LogP contribution in [0.15, 0.2) is 43.0 Å². The maximum absolute atomic E-state index is 4.69. The molecular weight excluding hydrogens is 304 g/mol. The Labute approximate surface area is 141 Å². The Kier molecular flexibility index (Phi) is 4.59. The lowest BCUT2D eigenvalue weighted by molar-refractivity contribution is 0.248. The van der Waals surface area contributed by atoms with Gasteiger partial charge in [-0.05, 0) is 45.5 Å². The largest absolute Gasteiger partial charge is 0.306 e. The summed E-state index contributed by atoms with van der Waals surface area (Å²) in [5.41, 5.74) is 3.63. The Morgan fingerprint density at radius 1 is 1.22 bits per heavy atom. The van der Waals surface area contributed by atoms with Gasteiger partial charge in [-0.25, -0.2) is 9.97 Å². The maximum Gasteiger partial charge on any atom is 0.0991 e. The molecule has 0 radical (unpaired) electrons. The van der Waals surface area contributed by atoms with Crippen molar-refractivity contribution < 1.29 is 0 Å². The second kappa shape index (κ2) is 6.64. The van der Waals surface area contributed by atoms with Crippen LogP contribution in [0.3, 0.4) is 0 Å². The summed E-state index contributed by atoms with van der Waals surface area (Å²) in [7, 11) is 2.16. The normalized spacial score (nSPS) is 12.7. The lowest BCUT2D eigenvalue weighted by Crippen LogP contribution is -2.22. The molecule has 23 heavy (non-hydrogen) atoms. The summed E-state index contributed by atoms with van der Waals surface area (Å²) in [5, 5.41) is 1.14. The summed E-state index contributed by atoms with van der Waals surface area (Å²) in [6.45, 7) is 7.36. The van der Waals surface area contributed by atoms with E-state index >= 15 is 0 Å². The van der Waals surface area contributed by atoms with Crippen molar-refractivity contribution in [2.24, 2.45) is 0 Å². The fourth-order valence-corrected chi connectivity index (χ4v) is 3.66. The number of hydrogen-bond donors (Lipinski definition) is 0. The molecule has 0 spiro atoms. The predicted molar refractivity (Wildman–Crippen MR) is 95.0 cm³/mol. The number of benzene rings is 1. The summed E-state index contributed by atoms with van der Waals surface area (Å²) in [6, 6.07) is 8.94. The number of hydrogen-bond acceptors (Lipinski definition) is 4. The molecule has 0 fully saturated rings. The van der Waals surface area contributed by atoms with E-state index in [1.54, 1.807) is 17.5 Å². The van der Waals surface area contributed by atoms with Gasteiger partial charge in [-0.3, -0.25) is 4.90 Å². The van der Waals surface area contributed by atoms with Crippen LogP contribution in [-0.4, -0.2) is 26.5 Å². The highest BCUT2D eigenvalue weighted by molar-refractivity contribution is 7.11. The monoisotopic (exact) mass is 326 g/mol. The van der Waals surface area contributed by atoms with Crippen LogP contribution in [0, 0.1) is 13.8 Å². The summed E-state index contributed by atoms with van der Waals surface area (Å²) in [6.07, 6.45) is 5.56. The topological polar surface area (TPSA) is 34.0 Å². The molecule has 0 saturated carbocycles. The first kappa shape index (κ1) is 15.9. The molecule has 0 aliphatic carbocycles. The fourth-order valence-electron chi connectivity index (χ4n) is 2.75. The molecule has 0 unspecified atom stereocenters. The highest BCUT2D eigenvalue weighted by Crippen LogP contribution is 2.27. The molecule has 5 heteroatoms. The second-order valence-corrected chi connectivity index (χ2v) is 7.31. The van der Waals surface area contributed by atoms with Gasteiger partial charge in [0.15, 0.2) is 0 Å². The first-order valence-corrected chi connectivity index (χ1v) is 8.57. The van der Waals surface area contributed by atoms with Gasteiger partial charge in [-0.15, -0.1) is 11.3 Å². The average Bonchev–Trinajstić information content (AvgIpc) is 3.17. The number of rotatable bonds is 5. The lowest BCUT2D eigenvalue weighted by atomic mass is 10.1. The van der Waals surface area contributed by atoms with Gasteiger partial charge >= 0.3 is 0 Å². The molecule has 0 aliphatic rings. The zero-order valence-corrected chi connectivity index (χ0v) is 14.8. The van der Waals surface area contributed by atoms with Gasteiger partial charge < -0.3 is 4.57 Å². The zero-order valence-electron chi connectivity index (χ0n) is 14.0. The van der Waals surface area contributed by atoms with E-state index in [0.29, 0.717) is 6.04 Å². The standard InChI is InChI=1S/C18H22N4S/c1-13(18-14(2)23-15(3)20-18)21(4)11-16-5-7-17(8-6-16)22-10-9-19-12-22/h5-10,12-13H,11H2,1-4H3/t13-/m1/s1. The van der Waals surface area contributed by atoms with Crippen molar-refractivity contribution in [3.05, 3.63) is 64.1 Å². The molecule has 0 bridgehead atoms. The van der Waals surface area contributed by atoms with Crippen molar-refractivity contribution in [3.63, 3.8) is 0 Å². The Bertz CT molecular complexity index is 759. The fraction of sp³-hybridized carbons (Fsp3) is 0.333. The van der Waals surface area contributed by atoms with Gasteiger partial charge in [0.1, 0.15) is 0 Å². The van der Waals surface area contributed by atoms with Crippen LogP contribution in [0.25, 0.3) is 5.69 Å². The third-order valence-electron chi connectivity index (χ3n) is 4.17. The maximum atomic E-state index is 4.69. The smallest absolute Gasteiger partial charge is 0.0991 e. The predicted octanol–water partition coefficient (Wildman–Crippen LogP) is 4.14. The molecule has 1 aromatic carbocycles. The molecule has 120 valence electrons. The minimum Gasteiger partial charge on any atom is -0.306 e. The van der Waals surface area contributed by atoms with E-state index in [1.165, 1.54) is 16.1 Å². The van der Waals surface area contributed by atoms with Crippen molar-refractivity contribution >= 4 is 11.3 Å². The molecule has 3 rings (SSSR count). The molecule has 2 aromatic heterocycles. The van der Waals surface area contributed by atoms with E-state index in [4.69, 9.17) is 0 Å². The second-order valence-electron chi connectivity index (χ2n) is 5.90. The average molecular weight is 326 g/mol. The van der Waals surface area contributed by atoms with E-state index in [9.17, 15) is 0 Å². The third-order valence-corrected chi connectivity index (χ3v) is 5.07. The summed E-state index contributed by atoms with van der Waals surface area (Å²) >= 11 is 1.78. The molecule has 0 N–H and O–H groups in total. The van der Waals surface area contributed by atoms with Crippen LogP contribution >= 0.6 is 11.3 Å². The number of aryl methyl sites for hydroxylation is 2. The van der Waals surface area contributed by atoms with Crippen molar-refractivity contribution in [2.75, 3.05) is 7.05 Å². The van der Waals surface area contributed by atoms with Crippen molar-refractivity contribution in [2.45, 2.75) is 33.4 Å². The van der Waals surface area contributed by atoms with Crippen LogP contribution in [0.2, 0.25) is 0 Å². The van der Waals surface area contributed by atoms with Crippen molar-refractivity contribution in [3.8, 4) is 5.69 Å². The SMILES string of the molecule is Cc1nc([C@@H](C)N(C)Cc2ccc(-n3ccnc3)cc2)c(C)s1. The molecule has 3 aromatic rings. The van der Waals surface area contributed by atoms with Crippen LogP contribution in [0.4, 0.5) is 0 Å². The molecule has 0 aliphatic heterocycles. The lowest BCUT2D eigenvalue weighted by Gasteiger charge is -2.24. The van der Waals surface area contributed by atoms with Gasteiger partial charge in [0.05, 0.1) is 23.1 Å². The van der Waals surface area contributed by atoms with E-state index < -0.39 is 0 Å². The number of imidazole rings is 1. The van der Waals surface area contributed by atoms with Crippen molar-refractivity contribution in [1.29, 1.82) is 0 Å². The van der Waals surface area contributed by atoms with E-state index in [2.05, 4.69) is 67.0 Å². The van der Waals surface area contributed by atoms with Crippen LogP contribution in [-0.2, 0) is 6.54 Å². The van der Waals surface area contributed by atoms with Gasteiger partial charge in [-0.2, -0.15) is 0 Å². The van der Waals surface area contributed by atoms with Crippen LogP contribution in [0.5, 0.6) is 0 Å². The van der Waals surface area contributed by atoms with Crippen LogP contribution < -0.4 is 0 Å². The number of aromatic nitrogens is 3. The van der Waals surface area contributed by atoms with Gasteiger partial charge in [0.25, 0.3) is 0 Å². The van der Waals surface area contributed by atoms with Crippen LogP contribution in [0.1, 0.15) is 34.1 Å². The quantitative estimate of drug-likeness (QED) is 0.706. The van der Waals surface area contributed by atoms with Crippen molar-refractivity contribution in [1.82, 2.24) is 19.4 Å². The number of nitrogens with zero attached hydrogens (tertiary/aromatic N) is 4. The van der Waals surface area contributed by atoms with Gasteiger partial charge in [0.2, 0.25) is 0 Å². The summed E-state index contributed by atoms with van der Waals surface area (Å²) in [4.78, 5) is 12.4. The molecule has 2 heterocycles. The van der Waals surface area contributed by atoms with E-state index in [0.717, 1.165) is 17.2 Å². The first-order valence-electron chi connectivity index (χ1n) is 7.76. The van der Waals surface area contributed by atoms with Gasteiger partial charge in [0, 0.05) is 29.5 Å². The molecule has 4 nitrogen and oxygen atoms in total. The highest BCUT2D eigenvalue weighted by atomic mass is 32.1. The molecular formula is C18H22N4S. The molecule has 0 amide bonds. The molecule has 1 atom stereocenters. The minimum absolute atomic E-state index is 0.313. The Balaban J connectivity index is 1.70. The van der Waals surface area contributed by atoms with E-state index in [1.807, 2.05) is 17.1 Å². The third kappa shape index (κ3) is 3.51. The summed E-state index contributed by atoms with van der Waals surface area (Å²) < 4.78 is 2.01. The first-order chi connectivity index (χ1) is 11.0. The Hall–Kier alpha value is -1.98. The highest BCUT2D eigenvalue weighted by Gasteiger charge is 2.17. The van der Waals surface area contributed by atoms with E-state index in [-0.39, 0.29) is 0 Å². The minimum atomic E-state index is 0.313. The number of thiazole rings is 1.